The van der Waals surface area contributed by atoms with Gasteiger partial charge in [-0.05, 0) is 24.3 Å². The number of pyridine rings is 2. The molecular formula is C21H21N5O2. The normalized spacial score (nSPS) is 18.5. The molecular weight excluding hydrogens is 354 g/mol. The second-order valence-corrected chi connectivity index (χ2v) is 6.99. The Balaban J connectivity index is 1.50. The summed E-state index contributed by atoms with van der Waals surface area (Å²) < 4.78 is 11.7. The highest BCUT2D eigenvalue weighted by Gasteiger charge is 2.40. The Morgan fingerprint density at radius 2 is 1.75 bits per heavy atom. The predicted molar refractivity (Wildman–Crippen MR) is 105 cm³/mol. The van der Waals surface area contributed by atoms with Crippen molar-refractivity contribution < 1.29 is 9.47 Å². The summed E-state index contributed by atoms with van der Waals surface area (Å²) in [7, 11) is 0. The van der Waals surface area contributed by atoms with Gasteiger partial charge in [0.2, 0.25) is 0 Å². The Kier molecular flexibility index (Phi) is 4.46. The second kappa shape index (κ2) is 7.26. The minimum atomic E-state index is -0.403. The molecule has 0 amide bonds. The number of rotatable bonds is 3. The molecule has 7 heteroatoms. The topological polar surface area (TPSA) is 73.3 Å². The van der Waals surface area contributed by atoms with Crippen LogP contribution in [0.3, 0.4) is 0 Å². The van der Waals surface area contributed by atoms with E-state index in [0.29, 0.717) is 19.0 Å². The molecule has 5 heterocycles. The van der Waals surface area contributed by atoms with E-state index in [9.17, 15) is 0 Å². The van der Waals surface area contributed by atoms with Gasteiger partial charge in [-0.15, -0.1) is 0 Å². The van der Waals surface area contributed by atoms with Crippen LogP contribution in [0.1, 0.15) is 12.8 Å². The van der Waals surface area contributed by atoms with Gasteiger partial charge in [0.25, 0.3) is 0 Å². The van der Waals surface area contributed by atoms with E-state index in [1.54, 1.807) is 12.4 Å². The molecule has 0 N–H and O–H groups in total. The van der Waals surface area contributed by atoms with Crippen LogP contribution in [-0.4, -0.2) is 52.0 Å². The van der Waals surface area contributed by atoms with Crippen molar-refractivity contribution in [1.82, 2.24) is 19.9 Å². The average Bonchev–Trinajstić information content (AvgIpc) is 3.23. The van der Waals surface area contributed by atoms with E-state index in [1.165, 1.54) is 0 Å². The van der Waals surface area contributed by atoms with Crippen molar-refractivity contribution in [2.45, 2.75) is 18.6 Å². The van der Waals surface area contributed by atoms with Crippen molar-refractivity contribution in [3.8, 4) is 22.8 Å². The molecule has 2 fully saturated rings. The van der Waals surface area contributed by atoms with Crippen LogP contribution < -0.4 is 4.90 Å². The zero-order valence-corrected chi connectivity index (χ0v) is 15.5. The number of anilines is 1. The monoisotopic (exact) mass is 375 g/mol. The molecule has 7 nitrogen and oxygen atoms in total. The molecule has 142 valence electrons. The molecule has 28 heavy (non-hydrogen) atoms. The van der Waals surface area contributed by atoms with Crippen molar-refractivity contribution in [3.63, 3.8) is 0 Å². The Morgan fingerprint density at radius 3 is 2.46 bits per heavy atom. The fourth-order valence-corrected chi connectivity index (χ4v) is 3.73. The zero-order valence-electron chi connectivity index (χ0n) is 15.5. The molecule has 1 spiro atoms. The molecule has 0 aromatic carbocycles. The van der Waals surface area contributed by atoms with E-state index in [-0.39, 0.29) is 0 Å². The molecule has 3 aromatic heterocycles. The summed E-state index contributed by atoms with van der Waals surface area (Å²) in [5.41, 5.74) is 2.55. The smallest absolute Gasteiger partial charge is 0.180 e. The average molecular weight is 375 g/mol. The highest BCUT2D eigenvalue weighted by atomic mass is 16.7. The third-order valence-corrected chi connectivity index (χ3v) is 5.23. The molecule has 2 aliphatic heterocycles. The SMILES string of the molecule is c1ccc(-c2nc(-c3cccnc3)cc(N3CCC4(CC3)OCCO4)n2)nc1. The maximum atomic E-state index is 5.85. The molecule has 2 saturated heterocycles. The minimum Gasteiger partial charge on any atom is -0.356 e. The standard InChI is InChI=1S/C21H21N5O2/c1-2-9-23-17(5-1)20-24-18(16-4-3-8-22-15-16)14-19(25-20)26-10-6-21(7-11-26)27-12-13-28-21/h1-5,8-9,14-15H,6-7,10-13H2. The van der Waals surface area contributed by atoms with Gasteiger partial charge < -0.3 is 14.4 Å². The van der Waals surface area contributed by atoms with Gasteiger partial charge in [-0.3, -0.25) is 9.97 Å². The van der Waals surface area contributed by atoms with Crippen molar-refractivity contribution >= 4 is 5.82 Å². The third kappa shape index (κ3) is 3.34. The Labute approximate surface area is 163 Å². The summed E-state index contributed by atoms with van der Waals surface area (Å²) in [6, 6.07) is 11.7. The second-order valence-electron chi connectivity index (χ2n) is 6.99. The van der Waals surface area contributed by atoms with E-state index in [1.807, 2.05) is 42.6 Å². The lowest BCUT2D eigenvalue weighted by molar-refractivity contribution is -0.169. The van der Waals surface area contributed by atoms with Gasteiger partial charge in [-0.2, -0.15) is 0 Å². The predicted octanol–water partition coefficient (Wildman–Crippen LogP) is 2.94. The molecule has 0 saturated carbocycles. The van der Waals surface area contributed by atoms with Crippen LogP contribution in [0.2, 0.25) is 0 Å². The maximum Gasteiger partial charge on any atom is 0.180 e. The van der Waals surface area contributed by atoms with E-state index in [2.05, 4.69) is 14.9 Å². The van der Waals surface area contributed by atoms with Crippen LogP contribution in [0.5, 0.6) is 0 Å². The number of ether oxygens (including phenoxy) is 2. The zero-order chi connectivity index (χ0) is 18.8. The van der Waals surface area contributed by atoms with Crippen LogP contribution >= 0.6 is 0 Å². The van der Waals surface area contributed by atoms with Gasteiger partial charge in [-0.1, -0.05) is 6.07 Å². The first-order valence-electron chi connectivity index (χ1n) is 9.55. The van der Waals surface area contributed by atoms with Crippen molar-refractivity contribution in [2.75, 3.05) is 31.2 Å². The molecule has 2 aliphatic rings. The van der Waals surface area contributed by atoms with Gasteiger partial charge >= 0.3 is 0 Å². The van der Waals surface area contributed by atoms with Gasteiger partial charge in [0.05, 0.1) is 18.9 Å². The molecule has 5 rings (SSSR count). The lowest BCUT2D eigenvalue weighted by Crippen LogP contribution is -2.45. The molecule has 0 unspecified atom stereocenters. The number of nitrogens with zero attached hydrogens (tertiary/aromatic N) is 5. The summed E-state index contributed by atoms with van der Waals surface area (Å²) in [6.07, 6.45) is 7.00. The van der Waals surface area contributed by atoms with Gasteiger partial charge in [0, 0.05) is 56.2 Å². The van der Waals surface area contributed by atoms with Gasteiger partial charge in [0.1, 0.15) is 11.5 Å². The van der Waals surface area contributed by atoms with E-state index in [4.69, 9.17) is 19.4 Å². The number of hydrogen-bond acceptors (Lipinski definition) is 7. The summed E-state index contributed by atoms with van der Waals surface area (Å²) >= 11 is 0. The van der Waals surface area contributed by atoms with Crippen LogP contribution in [-0.2, 0) is 9.47 Å². The largest absolute Gasteiger partial charge is 0.356 e. The van der Waals surface area contributed by atoms with E-state index < -0.39 is 5.79 Å². The van der Waals surface area contributed by atoms with Crippen LogP contribution in [0.25, 0.3) is 22.8 Å². The summed E-state index contributed by atoms with van der Waals surface area (Å²) in [6.45, 7) is 3.02. The summed E-state index contributed by atoms with van der Waals surface area (Å²) in [5.74, 6) is 1.10. The third-order valence-electron chi connectivity index (χ3n) is 5.23. The van der Waals surface area contributed by atoms with Crippen LogP contribution in [0.4, 0.5) is 5.82 Å². The van der Waals surface area contributed by atoms with Gasteiger partial charge in [-0.25, -0.2) is 9.97 Å². The van der Waals surface area contributed by atoms with Crippen molar-refractivity contribution in [2.24, 2.45) is 0 Å². The lowest BCUT2D eigenvalue weighted by Gasteiger charge is -2.38. The highest BCUT2D eigenvalue weighted by molar-refractivity contribution is 5.66. The molecule has 0 radical (unpaired) electrons. The Hall–Kier alpha value is -2.90. The minimum absolute atomic E-state index is 0.403. The molecule has 0 atom stereocenters. The first kappa shape index (κ1) is 17.2. The van der Waals surface area contributed by atoms with Crippen LogP contribution in [0.15, 0.2) is 55.0 Å². The molecule has 0 aliphatic carbocycles. The fraction of sp³-hybridized carbons (Fsp3) is 0.333. The molecule has 3 aromatic rings. The quantitative estimate of drug-likeness (QED) is 0.697. The first-order valence-corrected chi connectivity index (χ1v) is 9.55. The van der Waals surface area contributed by atoms with Crippen molar-refractivity contribution in [1.29, 1.82) is 0 Å². The Morgan fingerprint density at radius 1 is 0.893 bits per heavy atom. The van der Waals surface area contributed by atoms with Crippen LogP contribution in [0, 0.1) is 0 Å². The van der Waals surface area contributed by atoms with E-state index >= 15 is 0 Å². The summed E-state index contributed by atoms with van der Waals surface area (Å²) in [5, 5.41) is 0. The lowest BCUT2D eigenvalue weighted by atomic mass is 10.0. The molecule has 0 bridgehead atoms. The Bertz CT molecular complexity index is 878. The van der Waals surface area contributed by atoms with E-state index in [0.717, 1.165) is 48.7 Å². The summed E-state index contributed by atoms with van der Waals surface area (Å²) in [4.78, 5) is 20.5. The van der Waals surface area contributed by atoms with Gasteiger partial charge in [0.15, 0.2) is 11.6 Å². The first-order chi connectivity index (χ1) is 13.8. The highest BCUT2D eigenvalue weighted by Crippen LogP contribution is 2.34. The maximum absolute atomic E-state index is 5.85. The number of hydrogen-bond donors (Lipinski definition) is 0. The number of piperidine rings is 1. The van der Waals surface area contributed by atoms with Crippen molar-refractivity contribution in [3.05, 3.63) is 55.0 Å². The fourth-order valence-electron chi connectivity index (χ4n) is 3.73. The number of aromatic nitrogens is 4.